The molecule has 98 valence electrons. The smallest absolute Gasteiger partial charge is 0.155 e. The minimum atomic E-state index is -0.370. The van der Waals surface area contributed by atoms with Crippen LogP contribution in [0.1, 0.15) is 71.1 Å². The first-order valence-corrected chi connectivity index (χ1v) is 7.15. The van der Waals surface area contributed by atoms with Crippen molar-refractivity contribution >= 4 is 5.78 Å². The molecule has 0 bridgehead atoms. The average molecular weight is 238 g/mol. The van der Waals surface area contributed by atoms with Gasteiger partial charge in [-0.15, -0.1) is 0 Å². The van der Waals surface area contributed by atoms with E-state index in [1.54, 1.807) is 6.08 Å². The summed E-state index contributed by atoms with van der Waals surface area (Å²) in [5.41, 5.74) is 0.967. The first-order chi connectivity index (χ1) is 8.24. The molecular weight excluding hydrogens is 212 g/mol. The maximum absolute atomic E-state index is 11.2. The van der Waals surface area contributed by atoms with E-state index in [1.165, 1.54) is 32.1 Å². The number of aliphatic hydroxyl groups is 1. The van der Waals surface area contributed by atoms with Gasteiger partial charge in [0.15, 0.2) is 5.78 Å². The molecule has 1 N–H and O–H groups in total. The molecule has 2 heteroatoms. The molecule has 17 heavy (non-hydrogen) atoms. The zero-order valence-electron chi connectivity index (χ0n) is 11.1. The Morgan fingerprint density at radius 1 is 1.18 bits per heavy atom. The lowest BCUT2D eigenvalue weighted by atomic mass is 9.92. The van der Waals surface area contributed by atoms with Crippen molar-refractivity contribution in [3.8, 4) is 0 Å². The summed E-state index contributed by atoms with van der Waals surface area (Å²) in [6.45, 7) is 2.22. The molecule has 0 radical (unpaired) electrons. The van der Waals surface area contributed by atoms with Crippen LogP contribution >= 0.6 is 0 Å². The third-order valence-corrected chi connectivity index (χ3v) is 3.49. The third kappa shape index (κ3) is 6.02. The summed E-state index contributed by atoms with van der Waals surface area (Å²) < 4.78 is 0. The largest absolute Gasteiger partial charge is 0.389 e. The van der Waals surface area contributed by atoms with E-state index in [-0.39, 0.29) is 11.9 Å². The lowest BCUT2D eigenvalue weighted by Crippen LogP contribution is -2.15. The number of carbonyl (C=O) groups excluding carboxylic acids is 1. The van der Waals surface area contributed by atoms with E-state index >= 15 is 0 Å². The van der Waals surface area contributed by atoms with Gasteiger partial charge in [0.1, 0.15) is 0 Å². The van der Waals surface area contributed by atoms with Gasteiger partial charge in [-0.2, -0.15) is 0 Å². The van der Waals surface area contributed by atoms with Crippen molar-refractivity contribution < 1.29 is 9.90 Å². The van der Waals surface area contributed by atoms with Gasteiger partial charge in [-0.25, -0.2) is 0 Å². The van der Waals surface area contributed by atoms with Gasteiger partial charge in [-0.1, -0.05) is 45.4 Å². The molecule has 0 amide bonds. The highest BCUT2D eigenvalue weighted by Crippen LogP contribution is 2.21. The minimum absolute atomic E-state index is 0.188. The Kier molecular flexibility index (Phi) is 7.18. The fourth-order valence-electron chi connectivity index (χ4n) is 2.38. The SMILES string of the molecule is CCCCCCCCC(O)C1=CC(=O)CCC1. The normalized spacial score (nSPS) is 18.0. The second-order valence-electron chi connectivity index (χ2n) is 5.11. The molecule has 1 atom stereocenters. The highest BCUT2D eigenvalue weighted by atomic mass is 16.3. The number of aliphatic hydroxyl groups excluding tert-OH is 1. The Labute approximate surface area is 105 Å². The van der Waals surface area contributed by atoms with E-state index in [2.05, 4.69) is 6.92 Å². The van der Waals surface area contributed by atoms with Crippen molar-refractivity contribution in [2.75, 3.05) is 0 Å². The van der Waals surface area contributed by atoms with Crippen molar-refractivity contribution in [1.29, 1.82) is 0 Å². The van der Waals surface area contributed by atoms with Gasteiger partial charge in [-0.3, -0.25) is 4.79 Å². The Bertz CT molecular complexity index is 256. The molecule has 1 aliphatic rings. The molecule has 0 fully saturated rings. The average Bonchev–Trinajstić information content (AvgIpc) is 2.33. The first-order valence-electron chi connectivity index (χ1n) is 7.15. The third-order valence-electron chi connectivity index (χ3n) is 3.49. The zero-order valence-corrected chi connectivity index (χ0v) is 11.1. The molecule has 1 unspecified atom stereocenters. The summed E-state index contributed by atoms with van der Waals surface area (Å²) in [5.74, 6) is 0.188. The van der Waals surface area contributed by atoms with Crippen LogP contribution in [-0.2, 0) is 4.79 Å². The van der Waals surface area contributed by atoms with E-state index in [4.69, 9.17) is 0 Å². The number of carbonyl (C=O) groups is 1. The fourth-order valence-corrected chi connectivity index (χ4v) is 2.38. The first kappa shape index (κ1) is 14.4. The van der Waals surface area contributed by atoms with Crippen LogP contribution in [0.25, 0.3) is 0 Å². The van der Waals surface area contributed by atoms with Crippen LogP contribution in [0.5, 0.6) is 0 Å². The second-order valence-corrected chi connectivity index (χ2v) is 5.11. The van der Waals surface area contributed by atoms with Crippen molar-refractivity contribution in [3.63, 3.8) is 0 Å². The number of hydrogen-bond acceptors (Lipinski definition) is 2. The van der Waals surface area contributed by atoms with Gasteiger partial charge >= 0.3 is 0 Å². The van der Waals surface area contributed by atoms with Crippen molar-refractivity contribution in [2.45, 2.75) is 77.2 Å². The van der Waals surface area contributed by atoms with Gasteiger partial charge in [0.25, 0.3) is 0 Å². The molecule has 0 aromatic heterocycles. The van der Waals surface area contributed by atoms with Crippen molar-refractivity contribution in [3.05, 3.63) is 11.6 Å². The van der Waals surface area contributed by atoms with E-state index in [1.807, 2.05) is 0 Å². The van der Waals surface area contributed by atoms with Crippen LogP contribution in [0.3, 0.4) is 0 Å². The summed E-state index contributed by atoms with van der Waals surface area (Å²) in [6.07, 6.45) is 12.1. The van der Waals surface area contributed by atoms with Crippen molar-refractivity contribution in [1.82, 2.24) is 0 Å². The van der Waals surface area contributed by atoms with E-state index in [0.717, 1.165) is 31.3 Å². The molecule has 0 aromatic rings. The number of ketones is 1. The number of hydrogen-bond donors (Lipinski definition) is 1. The number of unbranched alkanes of at least 4 members (excludes halogenated alkanes) is 5. The molecule has 2 nitrogen and oxygen atoms in total. The maximum atomic E-state index is 11.2. The topological polar surface area (TPSA) is 37.3 Å². The van der Waals surface area contributed by atoms with Crippen molar-refractivity contribution in [2.24, 2.45) is 0 Å². The van der Waals surface area contributed by atoms with Gasteiger partial charge < -0.3 is 5.11 Å². The van der Waals surface area contributed by atoms with Crippen LogP contribution in [0.15, 0.2) is 11.6 Å². The van der Waals surface area contributed by atoms with Crippen LogP contribution in [-0.4, -0.2) is 17.0 Å². The van der Waals surface area contributed by atoms with Gasteiger partial charge in [0.05, 0.1) is 6.10 Å². The number of allylic oxidation sites excluding steroid dienone is 1. The molecule has 1 rings (SSSR count). The fraction of sp³-hybridized carbons (Fsp3) is 0.800. The predicted molar refractivity (Wildman–Crippen MR) is 70.9 cm³/mol. The lowest BCUT2D eigenvalue weighted by molar-refractivity contribution is -0.115. The molecule has 0 saturated heterocycles. The van der Waals surface area contributed by atoms with E-state index in [9.17, 15) is 9.90 Å². The predicted octanol–water partition coefficient (Wildman–Crippen LogP) is 3.78. The quantitative estimate of drug-likeness (QED) is 0.653. The Balaban J connectivity index is 2.12. The summed E-state index contributed by atoms with van der Waals surface area (Å²) >= 11 is 0. The summed E-state index contributed by atoms with van der Waals surface area (Å²) in [4.78, 5) is 11.2. The summed E-state index contributed by atoms with van der Waals surface area (Å²) in [7, 11) is 0. The van der Waals surface area contributed by atoms with Crippen LogP contribution < -0.4 is 0 Å². The zero-order chi connectivity index (χ0) is 12.5. The summed E-state index contributed by atoms with van der Waals surface area (Å²) in [5, 5.41) is 9.97. The van der Waals surface area contributed by atoms with Crippen LogP contribution in [0.4, 0.5) is 0 Å². The van der Waals surface area contributed by atoms with Gasteiger partial charge in [0, 0.05) is 6.42 Å². The molecule has 0 heterocycles. The Morgan fingerprint density at radius 3 is 2.59 bits per heavy atom. The molecule has 0 spiro atoms. The Morgan fingerprint density at radius 2 is 1.88 bits per heavy atom. The maximum Gasteiger partial charge on any atom is 0.155 e. The second kappa shape index (κ2) is 8.46. The minimum Gasteiger partial charge on any atom is -0.389 e. The molecule has 0 aromatic carbocycles. The van der Waals surface area contributed by atoms with Gasteiger partial charge in [-0.05, 0) is 30.9 Å². The van der Waals surface area contributed by atoms with E-state index < -0.39 is 0 Å². The van der Waals surface area contributed by atoms with Crippen LogP contribution in [0, 0.1) is 0 Å². The lowest BCUT2D eigenvalue weighted by Gasteiger charge is -2.17. The molecular formula is C15H26O2. The standard InChI is InChI=1S/C15H26O2/c1-2-3-4-5-6-7-11-15(17)13-9-8-10-14(16)12-13/h12,15,17H,2-11H2,1H3. The highest BCUT2D eigenvalue weighted by Gasteiger charge is 2.16. The highest BCUT2D eigenvalue weighted by molar-refractivity contribution is 5.91. The molecule has 1 aliphatic carbocycles. The molecule has 0 aliphatic heterocycles. The van der Waals surface area contributed by atoms with E-state index in [0.29, 0.717) is 6.42 Å². The molecule has 0 saturated carbocycles. The summed E-state index contributed by atoms with van der Waals surface area (Å²) in [6, 6.07) is 0. The number of rotatable bonds is 8. The Hall–Kier alpha value is -0.630. The van der Waals surface area contributed by atoms with Gasteiger partial charge in [0.2, 0.25) is 0 Å². The monoisotopic (exact) mass is 238 g/mol. The van der Waals surface area contributed by atoms with Crippen LogP contribution in [0.2, 0.25) is 0 Å².